The largest absolute Gasteiger partial charge is 1.00 e. The van der Waals surface area contributed by atoms with Crippen molar-refractivity contribution in [1.29, 1.82) is 0 Å². The number of nitrogens with one attached hydrogen (secondary N) is 2. The molecule has 0 spiro atoms. The Bertz CT molecular complexity index is 3100. The van der Waals surface area contributed by atoms with Crippen LogP contribution in [-0.2, 0) is 35.1 Å². The molecule has 5 aromatic rings. The molecule has 0 aliphatic carbocycles. The van der Waals surface area contributed by atoms with E-state index in [0.717, 1.165) is 17.7 Å². The van der Waals surface area contributed by atoms with Crippen LogP contribution in [0.25, 0.3) is 0 Å². The minimum absolute atomic E-state index is 0. The normalized spacial score (nSPS) is 14.1. The third-order valence-electron chi connectivity index (χ3n) is 8.23. The molecule has 316 valence electrons. The number of halogens is 3. The number of carbonyl (C=O) groups is 2. The molecule has 2 heterocycles. The van der Waals surface area contributed by atoms with Crippen molar-refractivity contribution in [3.05, 3.63) is 105 Å². The predicted molar refractivity (Wildman–Crippen MR) is 216 cm³/mol. The van der Waals surface area contributed by atoms with E-state index in [2.05, 4.69) is 46.2 Å². The van der Waals surface area contributed by atoms with Gasteiger partial charge in [0.2, 0.25) is 5.28 Å². The Kier molecular flexibility index (Phi) is 19.3. The fraction of sp³-hybridized carbons (Fsp3) is 0.0882. The van der Waals surface area contributed by atoms with Crippen LogP contribution in [0.5, 0.6) is 0 Å². The maximum Gasteiger partial charge on any atom is 1.00 e. The Morgan fingerprint density at radius 3 is 1.95 bits per heavy atom. The fourth-order valence-electron chi connectivity index (χ4n) is 5.34. The second-order valence-electron chi connectivity index (χ2n) is 12.5. The third-order valence-corrected chi connectivity index (χ3v) is 11.7. The van der Waals surface area contributed by atoms with Crippen LogP contribution in [0, 0.1) is 6.92 Å². The quantitative estimate of drug-likeness (QED) is 0.0439. The van der Waals surface area contributed by atoms with Gasteiger partial charge < -0.3 is 24.3 Å². The molecule has 30 heteroatoms. The van der Waals surface area contributed by atoms with Gasteiger partial charge in [-0.2, -0.15) is 35.6 Å². The van der Waals surface area contributed by atoms with Crippen molar-refractivity contribution in [2.45, 2.75) is 34.6 Å². The summed E-state index contributed by atoms with van der Waals surface area (Å²) in [5.41, 5.74) is 0.521. The molecule has 1 unspecified atom stereocenters. The van der Waals surface area contributed by atoms with Crippen molar-refractivity contribution < 1.29 is 137 Å². The summed E-state index contributed by atoms with van der Waals surface area (Å²) in [4.78, 5) is 31.1. The fourth-order valence-corrected chi connectivity index (χ4v) is 7.62. The molecule has 21 nitrogen and oxygen atoms in total. The molecular formula is C34H22Cl3N10Na3O11S3. The van der Waals surface area contributed by atoms with Gasteiger partial charge in [0, 0.05) is 16.9 Å². The number of hydrazone groups is 1. The average Bonchev–Trinajstić information content (AvgIpc) is 3.46. The van der Waals surface area contributed by atoms with Crippen LogP contribution in [0.15, 0.2) is 119 Å². The van der Waals surface area contributed by atoms with E-state index in [4.69, 9.17) is 34.8 Å². The molecule has 1 aromatic heterocycles. The number of benzene rings is 4. The Hall–Kier alpha value is -2.83. The van der Waals surface area contributed by atoms with Crippen molar-refractivity contribution in [3.8, 4) is 0 Å². The first-order valence-electron chi connectivity index (χ1n) is 16.5. The third kappa shape index (κ3) is 13.4. The number of amides is 2. The second kappa shape index (κ2) is 22.3. The van der Waals surface area contributed by atoms with Crippen molar-refractivity contribution in [2.24, 2.45) is 25.6 Å². The van der Waals surface area contributed by atoms with Gasteiger partial charge in [-0.25, -0.2) is 30.2 Å². The molecule has 0 bridgehead atoms. The predicted octanol–water partition coefficient (Wildman–Crippen LogP) is -2.24. The van der Waals surface area contributed by atoms with Gasteiger partial charge in [0.1, 0.15) is 41.1 Å². The van der Waals surface area contributed by atoms with Crippen molar-refractivity contribution in [3.63, 3.8) is 0 Å². The van der Waals surface area contributed by atoms with E-state index < -0.39 is 74.3 Å². The molecule has 2 amide bonds. The molecule has 2 N–H and O–H groups in total. The Morgan fingerprint density at radius 1 is 0.719 bits per heavy atom. The van der Waals surface area contributed by atoms with Crippen LogP contribution in [-0.4, -0.2) is 72.4 Å². The summed E-state index contributed by atoms with van der Waals surface area (Å²) in [7, 11) is -15.8. The minimum Gasteiger partial charge on any atom is -0.744 e. The van der Waals surface area contributed by atoms with Gasteiger partial charge in [0.25, 0.3) is 11.8 Å². The number of azo groups is 2. The summed E-state index contributed by atoms with van der Waals surface area (Å²) >= 11 is 18.0. The molecule has 1 atom stereocenters. The Labute approximate surface area is 445 Å². The van der Waals surface area contributed by atoms with Crippen molar-refractivity contribution in [1.82, 2.24) is 9.97 Å². The van der Waals surface area contributed by atoms with Gasteiger partial charge in [0.15, 0.2) is 17.0 Å². The minimum atomic E-state index is -5.34. The van der Waals surface area contributed by atoms with Gasteiger partial charge >= 0.3 is 88.7 Å². The maximum absolute atomic E-state index is 13.3. The molecule has 1 aliphatic rings. The first-order chi connectivity index (χ1) is 28.5. The zero-order valence-electron chi connectivity index (χ0n) is 33.5. The molecule has 0 fully saturated rings. The summed E-state index contributed by atoms with van der Waals surface area (Å²) in [6, 6.07) is 13.8. The summed E-state index contributed by atoms with van der Waals surface area (Å²) in [5.74, 6) is -1.70. The average molecular weight is 1020 g/mol. The van der Waals surface area contributed by atoms with E-state index in [-0.39, 0.29) is 127 Å². The van der Waals surface area contributed by atoms with Crippen LogP contribution in [0.4, 0.5) is 39.9 Å². The number of rotatable bonds is 12. The van der Waals surface area contributed by atoms with E-state index >= 15 is 0 Å². The molecular weight excluding hydrogens is 996 g/mol. The van der Waals surface area contributed by atoms with Gasteiger partial charge in [-0.15, -0.1) is 0 Å². The smallest absolute Gasteiger partial charge is 0.744 e. The molecule has 4 aromatic carbocycles. The number of carbonyl (C=O) groups excluding carboxylic acids is 2. The molecule has 0 saturated heterocycles. The second-order valence-corrected chi connectivity index (χ2v) is 17.6. The van der Waals surface area contributed by atoms with E-state index in [1.165, 1.54) is 37.3 Å². The number of aryl methyl sites for hydroxylation is 1. The number of nitrogens with zero attached hydrogens (tertiary/aromatic N) is 8. The molecule has 6 rings (SSSR count). The number of hydrogen-bond acceptors (Lipinski definition) is 19. The van der Waals surface area contributed by atoms with Crippen LogP contribution < -0.4 is 104 Å². The summed E-state index contributed by atoms with van der Waals surface area (Å²) in [5, 5.41) is 25.5. The Balaban J connectivity index is 0.00000363. The molecule has 0 saturated carbocycles. The first kappa shape index (κ1) is 55.5. The SMILES string of the molecule is CC1=NN(c2cc(S(=O)(=O)[O-])ccc2S(=O)(=O)[O-])C(=O)C1N=Nc1ccc(NC(=O)c2ccc(N=Nc3ccc(Nc4nc(Cl)nc(Cl)c4Cl)cc3C)cc2)cc1S(=O)(=O)[O-].[Na+].[Na+].[Na+]. The monoisotopic (exact) mass is 1020 g/mol. The van der Waals surface area contributed by atoms with Gasteiger partial charge in [0.05, 0.1) is 37.5 Å². The maximum atomic E-state index is 13.3. The van der Waals surface area contributed by atoms with Gasteiger partial charge in [-0.1, -0.05) is 23.2 Å². The first-order valence-corrected chi connectivity index (χ1v) is 21.9. The summed E-state index contributed by atoms with van der Waals surface area (Å²) in [6.07, 6.45) is 0. The number of anilines is 4. The van der Waals surface area contributed by atoms with Crippen molar-refractivity contribution in [2.75, 3.05) is 15.6 Å². The van der Waals surface area contributed by atoms with E-state index in [0.29, 0.717) is 40.3 Å². The number of hydrogen-bond donors (Lipinski definition) is 2. The van der Waals surface area contributed by atoms with E-state index in [1.807, 2.05) is 0 Å². The van der Waals surface area contributed by atoms with Gasteiger partial charge in [-0.3, -0.25) is 9.59 Å². The van der Waals surface area contributed by atoms with Crippen LogP contribution >= 0.6 is 34.8 Å². The van der Waals surface area contributed by atoms with Crippen LogP contribution in [0.1, 0.15) is 22.8 Å². The standard InChI is InChI=1S/C34H25Cl3N10O11S3.3Na/c1-16-13-20(38-31-28(35)30(36)40-34(37)41-31)7-10-23(16)43-42-19-5-3-18(4-6-19)32(48)39-21-8-11-24(27(14-21)61(56,57)58)44-45-29-17(2)46-47(33(29)49)25-15-22(59(50,51)52)9-12-26(25)60(53,54)55;;;/h3-15,29H,1-2H3,(H,39,48)(H,38,40,41)(H,50,51,52)(H,53,54,55)(H,56,57,58);;;/q;3*+1/p-3. The number of aromatic nitrogens is 2. The summed E-state index contributed by atoms with van der Waals surface area (Å²) in [6.45, 7) is 3.00. The van der Waals surface area contributed by atoms with Gasteiger partial charge in [-0.05, 0) is 110 Å². The molecule has 0 radical (unpaired) electrons. The molecule has 1 aliphatic heterocycles. The zero-order valence-corrected chi connectivity index (χ0v) is 44.2. The van der Waals surface area contributed by atoms with Crippen LogP contribution in [0.2, 0.25) is 15.5 Å². The summed E-state index contributed by atoms with van der Waals surface area (Å²) < 4.78 is 107. The molecule has 64 heavy (non-hydrogen) atoms. The van der Waals surface area contributed by atoms with Crippen LogP contribution in [0.3, 0.4) is 0 Å². The topological polar surface area (TPSA) is 321 Å². The zero-order chi connectivity index (χ0) is 44.6. The van der Waals surface area contributed by atoms with E-state index in [9.17, 15) is 48.5 Å². The van der Waals surface area contributed by atoms with E-state index in [1.54, 1.807) is 25.1 Å². The Morgan fingerprint density at radius 2 is 1.34 bits per heavy atom. The van der Waals surface area contributed by atoms with Crippen molar-refractivity contribution >= 4 is 123 Å².